The molecule has 82 heavy (non-hydrogen) atoms. The van der Waals surface area contributed by atoms with Crippen molar-refractivity contribution < 1.29 is 38.3 Å². The van der Waals surface area contributed by atoms with E-state index in [1.807, 2.05) is 189 Å². The van der Waals surface area contributed by atoms with Crippen LogP contribution >= 0.6 is 0 Å². The summed E-state index contributed by atoms with van der Waals surface area (Å²) in [4.78, 5) is 63.4. The Labute approximate surface area is 477 Å². The summed E-state index contributed by atoms with van der Waals surface area (Å²) in [7, 11) is 0. The predicted octanol–water partition coefficient (Wildman–Crippen LogP) is 14.2. The van der Waals surface area contributed by atoms with Crippen LogP contribution in [0.5, 0.6) is 0 Å². The summed E-state index contributed by atoms with van der Waals surface area (Å²) < 4.78 is 17.0. The molecular weight excluding hydrogens is 1020 g/mol. The molecule has 0 unspecified atom stereocenters. The Kier molecular flexibility index (Phi) is 16.4. The first-order valence-electron chi connectivity index (χ1n) is 27.6. The maximum atomic E-state index is 14.3. The lowest BCUT2D eigenvalue weighted by Gasteiger charge is -2.12. The average molecular weight is 1090 g/mol. The average Bonchev–Trinajstić information content (AvgIpc) is 4.17. The van der Waals surface area contributed by atoms with Crippen LogP contribution in [0.4, 0.5) is 0 Å². The summed E-state index contributed by atoms with van der Waals surface area (Å²) in [6.07, 6.45) is 0. The standard InChI is InChI=1S/C70H66N4O8/c1-41-33-45(5)65(46(6)34-41)69(77)53-21-25-63-59(39-53)57-37-51(67(71-81-49(9)75)55-17-13-11-15-43(55)3)19-23-61(57)73(63)27-29-79-31-32-80-30-28-74-62-24-20-52(68(72-82-50(10)76)56-18-14-12-16-44(56)4)38-58(62)60-40-54(22-26-64(60)74)70(78)66-47(7)35-42(2)36-48(66)8/h11-26,33-40H,27-32H2,1-10H3/b71-67-,72-68-. The van der Waals surface area contributed by atoms with Gasteiger partial charge in [-0.05, 0) is 149 Å². The van der Waals surface area contributed by atoms with E-state index in [1.54, 1.807) is 0 Å². The maximum absolute atomic E-state index is 14.3. The number of fused-ring (bicyclic) bond motifs is 6. The maximum Gasteiger partial charge on any atom is 0.332 e. The Balaban J connectivity index is 0.903. The van der Waals surface area contributed by atoms with Gasteiger partial charge in [-0.2, -0.15) is 0 Å². The zero-order valence-corrected chi connectivity index (χ0v) is 48.2. The number of aromatic nitrogens is 2. The van der Waals surface area contributed by atoms with Crippen LogP contribution in [0, 0.1) is 55.4 Å². The van der Waals surface area contributed by atoms with E-state index in [4.69, 9.17) is 19.1 Å². The molecule has 12 nitrogen and oxygen atoms in total. The Hall–Kier alpha value is -9.10. The van der Waals surface area contributed by atoms with Gasteiger partial charge in [-0.25, -0.2) is 9.59 Å². The van der Waals surface area contributed by atoms with Crippen LogP contribution in [-0.4, -0.2) is 70.5 Å². The highest BCUT2D eigenvalue weighted by Crippen LogP contribution is 2.35. The number of nitrogens with zero attached hydrogens (tertiary/aromatic N) is 4. The summed E-state index contributed by atoms with van der Waals surface area (Å²) in [5.41, 5.74) is 18.4. The summed E-state index contributed by atoms with van der Waals surface area (Å²) in [5.74, 6) is -1.13. The van der Waals surface area contributed by atoms with Gasteiger partial charge >= 0.3 is 11.9 Å². The topological polar surface area (TPSA) is 140 Å². The van der Waals surface area contributed by atoms with Crippen LogP contribution in [0.15, 0.2) is 156 Å². The molecular formula is C70H66N4O8. The van der Waals surface area contributed by atoms with Crippen LogP contribution in [0.3, 0.4) is 0 Å². The fraction of sp³-hybridized carbons (Fsp3) is 0.229. The number of carbonyl (C=O) groups excluding carboxylic acids is 4. The van der Waals surface area contributed by atoms with Crippen molar-refractivity contribution in [3.05, 3.63) is 235 Å². The van der Waals surface area contributed by atoms with Crippen LogP contribution in [0.1, 0.15) is 112 Å². The van der Waals surface area contributed by atoms with Crippen molar-refractivity contribution in [1.29, 1.82) is 0 Å². The first kappa shape index (κ1) is 56.2. The summed E-state index contributed by atoms with van der Waals surface area (Å²) >= 11 is 0. The minimum absolute atomic E-state index is 0.0401. The third kappa shape index (κ3) is 11.5. The highest BCUT2D eigenvalue weighted by Gasteiger charge is 2.23. The van der Waals surface area contributed by atoms with Crippen molar-refractivity contribution in [2.45, 2.75) is 82.3 Å². The van der Waals surface area contributed by atoms with E-state index in [1.165, 1.54) is 13.8 Å². The summed E-state index contributed by atoms with van der Waals surface area (Å²) in [6.45, 7) is 21.2. The molecule has 10 rings (SSSR count). The van der Waals surface area contributed by atoms with Gasteiger partial charge in [0.05, 0.1) is 26.4 Å². The molecule has 0 spiro atoms. The second kappa shape index (κ2) is 23.9. The Morgan fingerprint density at radius 1 is 0.378 bits per heavy atom. The molecule has 0 bridgehead atoms. The van der Waals surface area contributed by atoms with Gasteiger partial charge in [0.15, 0.2) is 11.6 Å². The smallest absolute Gasteiger partial charge is 0.332 e. The van der Waals surface area contributed by atoms with Gasteiger partial charge in [-0.15, -0.1) is 0 Å². The molecule has 2 heterocycles. The predicted molar refractivity (Wildman–Crippen MR) is 326 cm³/mol. The molecule has 8 aromatic carbocycles. The minimum atomic E-state index is -0.524. The van der Waals surface area contributed by atoms with Crippen molar-refractivity contribution >= 4 is 78.5 Å². The Bertz CT molecular complexity index is 3950. The van der Waals surface area contributed by atoms with Crippen molar-refractivity contribution in [3.63, 3.8) is 0 Å². The number of oxime groups is 2. The number of benzene rings is 8. The van der Waals surface area contributed by atoms with E-state index in [2.05, 4.69) is 31.6 Å². The molecule has 2 aromatic heterocycles. The van der Waals surface area contributed by atoms with Gasteiger partial charge in [0.2, 0.25) is 0 Å². The molecule has 0 aliphatic heterocycles. The lowest BCUT2D eigenvalue weighted by molar-refractivity contribution is -0.141. The Morgan fingerprint density at radius 2 is 0.695 bits per heavy atom. The molecule has 12 heteroatoms. The van der Waals surface area contributed by atoms with Crippen LogP contribution in [0.25, 0.3) is 43.6 Å². The Morgan fingerprint density at radius 3 is 1.02 bits per heavy atom. The molecule has 0 atom stereocenters. The summed E-state index contributed by atoms with van der Waals surface area (Å²) in [6, 6.07) is 47.8. The van der Waals surface area contributed by atoms with Gasteiger partial charge < -0.3 is 28.3 Å². The zero-order chi connectivity index (χ0) is 57.9. The molecule has 0 amide bonds. The van der Waals surface area contributed by atoms with Crippen LogP contribution in [-0.2, 0) is 41.8 Å². The van der Waals surface area contributed by atoms with Crippen molar-refractivity contribution in [2.24, 2.45) is 10.3 Å². The number of ketones is 2. The molecule has 0 saturated carbocycles. The van der Waals surface area contributed by atoms with E-state index in [0.29, 0.717) is 73.2 Å². The molecule has 0 radical (unpaired) electrons. The number of rotatable bonds is 19. The number of hydrogen-bond donors (Lipinski definition) is 0. The fourth-order valence-corrected chi connectivity index (χ4v) is 11.7. The van der Waals surface area contributed by atoms with Gasteiger partial charge in [-0.1, -0.05) is 106 Å². The van der Waals surface area contributed by atoms with E-state index in [-0.39, 0.29) is 11.6 Å². The number of ether oxygens (including phenoxy) is 2. The first-order valence-corrected chi connectivity index (χ1v) is 27.6. The van der Waals surface area contributed by atoms with E-state index in [9.17, 15) is 19.2 Å². The molecule has 0 N–H and O–H groups in total. The van der Waals surface area contributed by atoms with Crippen molar-refractivity contribution in [1.82, 2.24) is 9.13 Å². The van der Waals surface area contributed by atoms with E-state index < -0.39 is 11.9 Å². The second-order valence-corrected chi connectivity index (χ2v) is 21.3. The normalized spacial score (nSPS) is 12.0. The van der Waals surface area contributed by atoms with Crippen molar-refractivity contribution in [3.8, 4) is 0 Å². The molecule has 0 fully saturated rings. The van der Waals surface area contributed by atoms with Gasteiger partial charge in [0, 0.05) is 115 Å². The lowest BCUT2D eigenvalue weighted by atomic mass is 9.92. The SMILES string of the molecule is CC(=O)O/N=C(/c1ccc2c(c1)c1cc(C(=O)c3c(C)cc(C)cc3C)ccc1n2CCOCCOCCn1c2ccc(C(=O)c3c(C)cc(C)cc3C)cc2c2cc(/C(=N/OC(C)=O)c3ccccc3C)ccc21)c1ccccc1C. The largest absolute Gasteiger partial charge is 0.377 e. The third-order valence-electron chi connectivity index (χ3n) is 15.2. The first-order chi connectivity index (χ1) is 39.5. The molecule has 414 valence electrons. The van der Waals surface area contributed by atoms with E-state index in [0.717, 1.165) is 110 Å². The second-order valence-electron chi connectivity index (χ2n) is 21.3. The van der Waals surface area contributed by atoms with Crippen LogP contribution in [0.2, 0.25) is 0 Å². The highest BCUT2D eigenvalue weighted by molar-refractivity contribution is 6.21. The van der Waals surface area contributed by atoms with E-state index >= 15 is 0 Å². The molecule has 10 aromatic rings. The van der Waals surface area contributed by atoms with Crippen LogP contribution < -0.4 is 0 Å². The summed E-state index contributed by atoms with van der Waals surface area (Å²) in [5, 5.41) is 12.3. The number of aryl methyl sites for hydroxylation is 8. The van der Waals surface area contributed by atoms with Crippen molar-refractivity contribution in [2.75, 3.05) is 26.4 Å². The quantitative estimate of drug-likeness (QED) is 0.0256. The lowest BCUT2D eigenvalue weighted by Crippen LogP contribution is -2.12. The minimum Gasteiger partial charge on any atom is -0.377 e. The third-order valence-corrected chi connectivity index (χ3v) is 15.2. The molecule has 0 aliphatic rings. The number of hydrogen-bond acceptors (Lipinski definition) is 10. The van der Waals surface area contributed by atoms with Gasteiger partial charge in [0.1, 0.15) is 11.4 Å². The number of carbonyl (C=O) groups is 4. The zero-order valence-electron chi connectivity index (χ0n) is 48.2. The van der Waals surface area contributed by atoms with Gasteiger partial charge in [-0.3, -0.25) is 9.59 Å². The molecule has 0 aliphatic carbocycles. The molecule has 0 saturated heterocycles. The van der Waals surface area contributed by atoms with Gasteiger partial charge in [0.25, 0.3) is 0 Å². The monoisotopic (exact) mass is 1090 g/mol. The highest BCUT2D eigenvalue weighted by atomic mass is 16.7. The fourth-order valence-electron chi connectivity index (χ4n) is 11.7.